The summed E-state index contributed by atoms with van der Waals surface area (Å²) in [5.74, 6) is 0.296. The third-order valence-corrected chi connectivity index (χ3v) is 6.92. The summed E-state index contributed by atoms with van der Waals surface area (Å²) in [5, 5.41) is 0. The number of piperazine rings is 1. The largest absolute Gasteiger partial charge is 0.368 e. The predicted molar refractivity (Wildman–Crippen MR) is 112 cm³/mol. The Morgan fingerprint density at radius 1 is 1.29 bits per heavy atom. The van der Waals surface area contributed by atoms with Crippen LogP contribution in [0.3, 0.4) is 0 Å². The second-order valence-corrected chi connectivity index (χ2v) is 10.3. The summed E-state index contributed by atoms with van der Waals surface area (Å²) in [4.78, 5) is 13.1. The second kappa shape index (κ2) is 7.94. The minimum atomic E-state index is -3.62. The summed E-state index contributed by atoms with van der Waals surface area (Å²) >= 11 is 3.43. The van der Waals surface area contributed by atoms with Crippen LogP contribution in [0.2, 0.25) is 0 Å². The minimum Gasteiger partial charge on any atom is -0.368 e. The van der Waals surface area contributed by atoms with Gasteiger partial charge >= 0.3 is 0 Å². The average molecular weight is 471 g/mol. The first-order chi connectivity index (χ1) is 13.1. The molecule has 1 atom stereocenters. The van der Waals surface area contributed by atoms with Gasteiger partial charge in [0.05, 0.1) is 16.2 Å². The Hall–Kier alpha value is -1.74. The number of sulfone groups is 1. The molecule has 0 amide bonds. The molecule has 0 N–H and O–H groups in total. The van der Waals surface area contributed by atoms with E-state index in [1.54, 1.807) is 12.3 Å². The molecule has 1 aliphatic heterocycles. The third-order valence-electron chi connectivity index (χ3n) is 5.03. The van der Waals surface area contributed by atoms with Crippen molar-refractivity contribution >= 4 is 37.4 Å². The third kappa shape index (κ3) is 4.30. The Kier molecular flexibility index (Phi) is 5.95. The first-order valence-corrected chi connectivity index (χ1v) is 11.8. The van der Waals surface area contributed by atoms with Gasteiger partial charge in [0.25, 0.3) is 0 Å². The van der Waals surface area contributed by atoms with E-state index in [1.165, 1.54) is 12.1 Å². The molecule has 0 unspecified atom stereocenters. The van der Waals surface area contributed by atoms with Crippen LogP contribution in [0.5, 0.6) is 0 Å². The summed E-state index contributed by atoms with van der Waals surface area (Å²) in [7, 11) is -3.62. The molecule has 6 nitrogen and oxygen atoms in total. The lowest BCUT2D eigenvalue weighted by Crippen LogP contribution is -2.56. The van der Waals surface area contributed by atoms with E-state index in [2.05, 4.69) is 49.5 Å². The van der Waals surface area contributed by atoms with Crippen molar-refractivity contribution in [3.8, 4) is 0 Å². The predicted octanol–water partition coefficient (Wildman–Crippen LogP) is 3.44. The molecule has 9 heteroatoms. The number of hydrogen-bond acceptors (Lipinski definition) is 6. The van der Waals surface area contributed by atoms with Gasteiger partial charge in [0, 0.05) is 37.8 Å². The molecule has 0 spiro atoms. The van der Waals surface area contributed by atoms with Gasteiger partial charge in [-0.05, 0) is 47.0 Å². The van der Waals surface area contributed by atoms with Gasteiger partial charge in [-0.25, -0.2) is 22.8 Å². The number of aryl methyl sites for hydroxylation is 1. The number of halogens is 2. The van der Waals surface area contributed by atoms with Crippen molar-refractivity contribution in [3.63, 3.8) is 0 Å². The number of nitrogens with zero attached hydrogens (tertiary/aromatic N) is 4. The maximum Gasteiger partial charge on any atom is 0.225 e. The highest BCUT2D eigenvalue weighted by molar-refractivity contribution is 9.10. The van der Waals surface area contributed by atoms with Crippen LogP contribution >= 0.6 is 15.9 Å². The van der Waals surface area contributed by atoms with Crippen molar-refractivity contribution in [2.75, 3.05) is 35.7 Å². The van der Waals surface area contributed by atoms with Gasteiger partial charge in [0.15, 0.2) is 9.84 Å². The fraction of sp³-hybridized carbons (Fsp3) is 0.474. The Balaban J connectivity index is 1.90. The maximum atomic E-state index is 14.0. The standard InChI is InChI=1S/C19H24BrFN4O2S/c1-12(2)17-11-24(14-5-6-16(21)18(9-14)28(4,26)27)7-8-25(17)19-22-10-15(20)13(3)23-19/h5-6,9-10,12,17H,7-8,11H2,1-4H3/t17-/m0/s1. The first-order valence-electron chi connectivity index (χ1n) is 9.08. The first kappa shape index (κ1) is 21.0. The number of anilines is 2. The number of aromatic nitrogens is 2. The monoisotopic (exact) mass is 470 g/mol. The van der Waals surface area contributed by atoms with Crippen LogP contribution in [0, 0.1) is 18.7 Å². The molecule has 152 valence electrons. The smallest absolute Gasteiger partial charge is 0.225 e. The number of rotatable bonds is 4. The highest BCUT2D eigenvalue weighted by atomic mass is 79.9. The van der Waals surface area contributed by atoms with E-state index in [1.807, 2.05) is 6.92 Å². The molecule has 0 aliphatic carbocycles. The molecule has 3 rings (SSSR count). The fourth-order valence-electron chi connectivity index (χ4n) is 3.41. The Labute approximate surface area is 173 Å². The SMILES string of the molecule is Cc1nc(N2CCN(c3ccc(F)c(S(C)(=O)=O)c3)C[C@H]2C(C)C)ncc1Br. The Morgan fingerprint density at radius 2 is 2.00 bits per heavy atom. The van der Waals surface area contributed by atoms with Crippen LogP contribution < -0.4 is 9.80 Å². The highest BCUT2D eigenvalue weighted by Crippen LogP contribution is 2.28. The molecule has 0 saturated carbocycles. The van der Waals surface area contributed by atoms with Crippen molar-refractivity contribution in [3.05, 3.63) is 40.4 Å². The molecule has 1 aromatic carbocycles. The summed E-state index contributed by atoms with van der Waals surface area (Å²) in [5.41, 5.74) is 1.59. The van der Waals surface area contributed by atoms with E-state index >= 15 is 0 Å². The topological polar surface area (TPSA) is 66.4 Å². The summed E-state index contributed by atoms with van der Waals surface area (Å²) in [6.07, 6.45) is 2.79. The van der Waals surface area contributed by atoms with E-state index < -0.39 is 15.7 Å². The Bertz CT molecular complexity index is 984. The lowest BCUT2D eigenvalue weighted by molar-refractivity contribution is 0.413. The normalized spacial score (nSPS) is 18.0. The quantitative estimate of drug-likeness (QED) is 0.681. The number of hydrogen-bond donors (Lipinski definition) is 0. The molecule has 1 aromatic heterocycles. The molecule has 1 aliphatic rings. The lowest BCUT2D eigenvalue weighted by atomic mass is 9.99. The van der Waals surface area contributed by atoms with Crippen molar-refractivity contribution in [1.29, 1.82) is 0 Å². The van der Waals surface area contributed by atoms with Gasteiger partial charge in [-0.3, -0.25) is 0 Å². The van der Waals surface area contributed by atoms with Crippen LogP contribution in [0.15, 0.2) is 33.8 Å². The van der Waals surface area contributed by atoms with Crippen LogP contribution in [-0.4, -0.2) is 50.3 Å². The molecule has 28 heavy (non-hydrogen) atoms. The van der Waals surface area contributed by atoms with Crippen LogP contribution in [0.1, 0.15) is 19.5 Å². The summed E-state index contributed by atoms with van der Waals surface area (Å²) in [6.45, 7) is 8.23. The minimum absolute atomic E-state index is 0.140. The zero-order valence-corrected chi connectivity index (χ0v) is 18.8. The second-order valence-electron chi connectivity index (χ2n) is 7.44. The highest BCUT2D eigenvalue weighted by Gasteiger charge is 2.31. The van der Waals surface area contributed by atoms with Gasteiger partial charge in [-0.15, -0.1) is 0 Å². The summed E-state index contributed by atoms with van der Waals surface area (Å²) < 4.78 is 38.6. The molecular formula is C19H24BrFN4O2S. The zero-order chi connectivity index (χ0) is 20.6. The fourth-order valence-corrected chi connectivity index (χ4v) is 4.36. The molecule has 0 radical (unpaired) electrons. The average Bonchev–Trinajstić information content (AvgIpc) is 2.63. The molecule has 2 heterocycles. The van der Waals surface area contributed by atoms with E-state index in [4.69, 9.17) is 0 Å². The van der Waals surface area contributed by atoms with E-state index in [0.717, 1.165) is 16.4 Å². The van der Waals surface area contributed by atoms with Gasteiger partial charge in [-0.1, -0.05) is 13.8 Å². The molecule has 0 bridgehead atoms. The van der Waals surface area contributed by atoms with Crippen molar-refractivity contribution in [2.24, 2.45) is 5.92 Å². The number of benzene rings is 1. The van der Waals surface area contributed by atoms with Crippen LogP contribution in [0.4, 0.5) is 16.0 Å². The Morgan fingerprint density at radius 3 is 2.61 bits per heavy atom. The van der Waals surface area contributed by atoms with E-state index in [-0.39, 0.29) is 10.9 Å². The van der Waals surface area contributed by atoms with Crippen LogP contribution in [0.25, 0.3) is 0 Å². The molecule has 1 fully saturated rings. The van der Waals surface area contributed by atoms with Crippen molar-refractivity contribution in [2.45, 2.75) is 31.7 Å². The van der Waals surface area contributed by atoms with Crippen molar-refractivity contribution < 1.29 is 12.8 Å². The van der Waals surface area contributed by atoms with E-state index in [9.17, 15) is 12.8 Å². The van der Waals surface area contributed by atoms with Gasteiger partial charge in [0.2, 0.25) is 5.95 Å². The van der Waals surface area contributed by atoms with Gasteiger partial charge in [0.1, 0.15) is 10.7 Å². The maximum absolute atomic E-state index is 14.0. The zero-order valence-electron chi connectivity index (χ0n) is 16.4. The summed E-state index contributed by atoms with van der Waals surface area (Å²) in [6, 6.07) is 4.43. The van der Waals surface area contributed by atoms with Crippen molar-refractivity contribution in [1.82, 2.24) is 9.97 Å². The van der Waals surface area contributed by atoms with Gasteiger partial charge < -0.3 is 9.80 Å². The molecular weight excluding hydrogens is 447 g/mol. The molecule has 1 saturated heterocycles. The molecule has 2 aromatic rings. The van der Waals surface area contributed by atoms with E-state index in [0.29, 0.717) is 37.2 Å². The van der Waals surface area contributed by atoms with Gasteiger partial charge in [-0.2, -0.15) is 0 Å². The van der Waals surface area contributed by atoms with Crippen LogP contribution in [-0.2, 0) is 9.84 Å². The lowest BCUT2D eigenvalue weighted by Gasteiger charge is -2.44.